The number of benzene rings is 2. The van der Waals surface area contributed by atoms with Crippen LogP contribution < -0.4 is 4.90 Å². The van der Waals surface area contributed by atoms with Gasteiger partial charge < -0.3 is 14.0 Å². The standard InChI is InChI=1S/C22H22ClN3O4/c1-3-30-21(28)18-19(14-8-4-5-9-15(14)23)26-17-11-7-6-10-16(17)24-22(26)25(20(18)27)12-13-29-2/h4-11,18-19H,3,12-13H2,1-2H3/t18-,19-/m1/s1. The second-order valence-electron chi connectivity index (χ2n) is 6.95. The zero-order valence-electron chi connectivity index (χ0n) is 16.7. The summed E-state index contributed by atoms with van der Waals surface area (Å²) in [4.78, 5) is 32.8. The van der Waals surface area contributed by atoms with Gasteiger partial charge in [0.2, 0.25) is 11.9 Å². The van der Waals surface area contributed by atoms with E-state index in [0.717, 1.165) is 11.0 Å². The second kappa shape index (κ2) is 8.45. The lowest BCUT2D eigenvalue weighted by atomic mass is 9.89. The molecule has 2 heterocycles. The molecule has 8 heteroatoms. The summed E-state index contributed by atoms with van der Waals surface area (Å²) in [5.74, 6) is -1.59. The van der Waals surface area contributed by atoms with E-state index < -0.39 is 17.9 Å². The normalized spacial score (nSPS) is 18.5. The van der Waals surface area contributed by atoms with Crippen molar-refractivity contribution in [1.82, 2.24) is 9.55 Å². The van der Waals surface area contributed by atoms with Crippen molar-refractivity contribution in [3.63, 3.8) is 0 Å². The van der Waals surface area contributed by atoms with Gasteiger partial charge in [-0.25, -0.2) is 4.98 Å². The third-order valence-corrected chi connectivity index (χ3v) is 5.57. The van der Waals surface area contributed by atoms with Gasteiger partial charge in [-0.3, -0.25) is 14.5 Å². The summed E-state index contributed by atoms with van der Waals surface area (Å²) in [5, 5.41) is 0.471. The lowest BCUT2D eigenvalue weighted by molar-refractivity contribution is -0.153. The first-order valence-electron chi connectivity index (χ1n) is 9.76. The highest BCUT2D eigenvalue weighted by molar-refractivity contribution is 6.31. The summed E-state index contributed by atoms with van der Waals surface area (Å²) in [7, 11) is 1.56. The first-order valence-corrected chi connectivity index (χ1v) is 10.1. The minimum absolute atomic E-state index is 0.174. The van der Waals surface area contributed by atoms with Crippen LogP contribution in [0.5, 0.6) is 0 Å². The van der Waals surface area contributed by atoms with Crippen molar-refractivity contribution in [2.24, 2.45) is 5.92 Å². The Morgan fingerprint density at radius 3 is 2.63 bits per heavy atom. The Balaban J connectivity index is 2.00. The fraction of sp³-hybridized carbons (Fsp3) is 0.318. The molecule has 30 heavy (non-hydrogen) atoms. The van der Waals surface area contributed by atoms with E-state index in [4.69, 9.17) is 26.1 Å². The number of hydrogen-bond acceptors (Lipinski definition) is 5. The molecule has 0 unspecified atom stereocenters. The van der Waals surface area contributed by atoms with Crippen molar-refractivity contribution in [1.29, 1.82) is 0 Å². The predicted octanol–water partition coefficient (Wildman–Crippen LogP) is 3.45. The number of esters is 1. The summed E-state index contributed by atoms with van der Waals surface area (Å²) in [6, 6.07) is 14.1. The number of aromatic nitrogens is 2. The minimum Gasteiger partial charge on any atom is -0.465 e. The maximum Gasteiger partial charge on any atom is 0.321 e. The number of fused-ring (bicyclic) bond motifs is 3. The van der Waals surface area contributed by atoms with Gasteiger partial charge in [-0.15, -0.1) is 0 Å². The van der Waals surface area contributed by atoms with Crippen LogP contribution in [-0.2, 0) is 19.1 Å². The van der Waals surface area contributed by atoms with E-state index in [1.807, 2.05) is 47.0 Å². The summed E-state index contributed by atoms with van der Waals surface area (Å²) in [6.07, 6.45) is 0. The second-order valence-corrected chi connectivity index (χ2v) is 7.36. The summed E-state index contributed by atoms with van der Waals surface area (Å²) in [6.45, 7) is 2.47. The van der Waals surface area contributed by atoms with Crippen LogP contribution >= 0.6 is 11.6 Å². The SMILES string of the molecule is CCOC(=O)[C@H]1C(=O)N(CCOC)c2nc3ccccc3n2[C@@H]1c1ccccc1Cl. The molecule has 7 nitrogen and oxygen atoms in total. The number of carbonyl (C=O) groups is 2. The van der Waals surface area contributed by atoms with Gasteiger partial charge in [-0.1, -0.05) is 41.9 Å². The Morgan fingerprint density at radius 1 is 1.17 bits per heavy atom. The van der Waals surface area contributed by atoms with Crippen molar-refractivity contribution in [3.05, 3.63) is 59.1 Å². The zero-order chi connectivity index (χ0) is 21.3. The number of rotatable bonds is 6. The average Bonchev–Trinajstić information content (AvgIpc) is 3.12. The minimum atomic E-state index is -1.09. The number of ether oxygens (including phenoxy) is 2. The molecule has 2 aromatic carbocycles. The van der Waals surface area contributed by atoms with Gasteiger partial charge >= 0.3 is 5.97 Å². The van der Waals surface area contributed by atoms with Gasteiger partial charge in [0.05, 0.1) is 36.8 Å². The molecule has 1 aromatic heterocycles. The fourth-order valence-corrected chi connectivity index (χ4v) is 4.18. The maximum absolute atomic E-state index is 13.6. The van der Waals surface area contributed by atoms with Crippen molar-refractivity contribution in [3.8, 4) is 0 Å². The molecule has 2 atom stereocenters. The number of para-hydroxylation sites is 2. The Hall–Kier alpha value is -2.90. The number of amides is 1. The first-order chi connectivity index (χ1) is 14.6. The molecule has 0 N–H and O–H groups in total. The molecule has 0 bridgehead atoms. The largest absolute Gasteiger partial charge is 0.465 e. The van der Waals surface area contributed by atoms with Crippen LogP contribution in [0.2, 0.25) is 5.02 Å². The summed E-state index contributed by atoms with van der Waals surface area (Å²) >= 11 is 6.53. The molecule has 0 spiro atoms. The molecular formula is C22H22ClN3O4. The van der Waals surface area contributed by atoms with Crippen LogP contribution in [0.3, 0.4) is 0 Å². The van der Waals surface area contributed by atoms with Crippen LogP contribution in [0.4, 0.5) is 5.95 Å². The van der Waals surface area contributed by atoms with Gasteiger partial charge in [0.1, 0.15) is 0 Å². The van der Waals surface area contributed by atoms with Crippen molar-refractivity contribution in [2.75, 3.05) is 31.8 Å². The van der Waals surface area contributed by atoms with Crippen molar-refractivity contribution < 1.29 is 19.1 Å². The van der Waals surface area contributed by atoms with E-state index in [2.05, 4.69) is 0 Å². The van der Waals surface area contributed by atoms with E-state index in [1.165, 1.54) is 4.90 Å². The number of nitrogens with zero attached hydrogens (tertiary/aromatic N) is 3. The summed E-state index contributed by atoms with van der Waals surface area (Å²) < 4.78 is 12.4. The molecule has 0 saturated heterocycles. The Morgan fingerprint density at radius 2 is 1.90 bits per heavy atom. The van der Waals surface area contributed by atoms with Crippen LogP contribution in [-0.4, -0.2) is 48.3 Å². The molecule has 4 rings (SSSR count). The van der Waals surface area contributed by atoms with Crippen LogP contribution in [0.25, 0.3) is 11.0 Å². The van der Waals surface area contributed by atoms with E-state index >= 15 is 0 Å². The lowest BCUT2D eigenvalue weighted by Gasteiger charge is -2.38. The molecular weight excluding hydrogens is 406 g/mol. The third-order valence-electron chi connectivity index (χ3n) is 5.23. The highest BCUT2D eigenvalue weighted by Crippen LogP contribution is 2.42. The van der Waals surface area contributed by atoms with Crippen LogP contribution in [0.1, 0.15) is 18.5 Å². The highest BCUT2D eigenvalue weighted by Gasteiger charge is 2.48. The first kappa shape index (κ1) is 20.4. The van der Waals surface area contributed by atoms with Crippen molar-refractivity contribution >= 4 is 40.5 Å². The lowest BCUT2D eigenvalue weighted by Crippen LogP contribution is -2.51. The Bertz CT molecular complexity index is 1100. The molecule has 0 aliphatic carbocycles. The fourth-order valence-electron chi connectivity index (χ4n) is 3.94. The molecule has 156 valence electrons. The molecule has 1 amide bonds. The Labute approximate surface area is 179 Å². The topological polar surface area (TPSA) is 73.7 Å². The molecule has 1 aliphatic heterocycles. The van der Waals surface area contributed by atoms with E-state index in [-0.39, 0.29) is 19.1 Å². The van der Waals surface area contributed by atoms with Gasteiger partial charge in [0, 0.05) is 12.1 Å². The average molecular weight is 428 g/mol. The molecule has 1 aliphatic rings. The van der Waals surface area contributed by atoms with Crippen LogP contribution in [0, 0.1) is 5.92 Å². The zero-order valence-corrected chi connectivity index (χ0v) is 17.5. The van der Waals surface area contributed by atoms with Crippen molar-refractivity contribution in [2.45, 2.75) is 13.0 Å². The number of halogens is 1. The van der Waals surface area contributed by atoms with E-state index in [1.54, 1.807) is 20.1 Å². The number of anilines is 1. The smallest absolute Gasteiger partial charge is 0.321 e. The monoisotopic (exact) mass is 427 g/mol. The predicted molar refractivity (Wildman–Crippen MR) is 114 cm³/mol. The molecule has 0 saturated carbocycles. The number of imidazole rings is 1. The Kier molecular flexibility index (Phi) is 5.74. The van der Waals surface area contributed by atoms with Gasteiger partial charge in [0.25, 0.3) is 0 Å². The van der Waals surface area contributed by atoms with E-state index in [0.29, 0.717) is 23.1 Å². The number of methoxy groups -OCH3 is 1. The number of hydrogen-bond donors (Lipinski definition) is 0. The van der Waals surface area contributed by atoms with Crippen LogP contribution in [0.15, 0.2) is 48.5 Å². The third kappa shape index (κ3) is 3.34. The summed E-state index contributed by atoms with van der Waals surface area (Å²) in [5.41, 5.74) is 2.20. The molecule has 0 radical (unpaired) electrons. The quantitative estimate of drug-likeness (QED) is 0.445. The van der Waals surface area contributed by atoms with Gasteiger partial charge in [-0.05, 0) is 30.7 Å². The molecule has 0 fully saturated rings. The highest BCUT2D eigenvalue weighted by atomic mass is 35.5. The van der Waals surface area contributed by atoms with E-state index in [9.17, 15) is 9.59 Å². The molecule has 3 aromatic rings. The van der Waals surface area contributed by atoms with Gasteiger partial charge in [-0.2, -0.15) is 0 Å². The van der Waals surface area contributed by atoms with Gasteiger partial charge in [0.15, 0.2) is 5.92 Å². The number of carbonyl (C=O) groups excluding carboxylic acids is 2. The maximum atomic E-state index is 13.6.